The standard InChI is InChI=1S/C31H35FN6O7/c1-29-11-30(12-29,14-44-29)23(35-28(42)43-2)26(40)37-10-18-15-6-17(19(32)7-15)21(18)22(37)25(39)38-13-31(8-16(38)9-33)27(41)36-24-20(45-31)4-3-5-34-24/h3-5,15-19,21-23H,6-8,10-14H2,1-2H3,(H,35,42)(H,34,36,41)/t15-,16-,17+,18+,19+,21-,22-,23?,29?,30?,31+/m0/s1. The van der Waals surface area contributed by atoms with Crippen molar-refractivity contribution in [1.29, 1.82) is 5.26 Å². The molecule has 6 heterocycles. The number of carbonyl (C=O) groups excluding carboxylic acids is 4. The van der Waals surface area contributed by atoms with E-state index in [1.807, 2.05) is 6.92 Å². The zero-order valence-electron chi connectivity index (χ0n) is 25.0. The Balaban J connectivity index is 1.14. The summed E-state index contributed by atoms with van der Waals surface area (Å²) >= 11 is 0. The molecule has 9 atom stereocenters. The molecule has 1 aromatic rings. The number of nitrogens with zero attached hydrogens (tertiary/aromatic N) is 4. The first kappa shape index (κ1) is 28.5. The predicted octanol–water partition coefficient (Wildman–Crippen LogP) is 1.39. The van der Waals surface area contributed by atoms with Gasteiger partial charge in [-0.25, -0.2) is 14.2 Å². The van der Waals surface area contributed by atoms with Gasteiger partial charge in [0.1, 0.15) is 24.3 Å². The summed E-state index contributed by atoms with van der Waals surface area (Å²) in [6.07, 6.45) is 1.74. The minimum Gasteiger partial charge on any atom is -0.472 e. The van der Waals surface area contributed by atoms with Gasteiger partial charge in [0.15, 0.2) is 11.6 Å². The van der Waals surface area contributed by atoms with Crippen molar-refractivity contribution in [3.8, 4) is 11.8 Å². The Morgan fingerprint density at radius 1 is 1.27 bits per heavy atom. The molecule has 3 aliphatic carbocycles. The highest BCUT2D eigenvalue weighted by Gasteiger charge is 2.69. The Hall–Kier alpha value is -3.99. The lowest BCUT2D eigenvalue weighted by atomic mass is 9.59. The van der Waals surface area contributed by atoms with Crippen LogP contribution in [0.1, 0.15) is 39.0 Å². The summed E-state index contributed by atoms with van der Waals surface area (Å²) in [7, 11) is 1.22. The number of hydrogen-bond acceptors (Lipinski definition) is 9. The second-order valence-corrected chi connectivity index (χ2v) is 14.3. The van der Waals surface area contributed by atoms with Gasteiger partial charge in [0, 0.05) is 24.6 Å². The fraction of sp³-hybridized carbons (Fsp3) is 0.677. The number of likely N-dealkylation sites (tertiary alicyclic amines) is 2. The molecule has 1 unspecified atom stereocenters. The van der Waals surface area contributed by atoms with Crippen LogP contribution < -0.4 is 15.4 Å². The summed E-state index contributed by atoms with van der Waals surface area (Å²) in [5, 5.41) is 15.7. The van der Waals surface area contributed by atoms with Crippen molar-refractivity contribution in [1.82, 2.24) is 20.1 Å². The number of nitrogens with one attached hydrogen (secondary N) is 2. The van der Waals surface area contributed by atoms with Crippen LogP contribution in [0.5, 0.6) is 5.75 Å². The summed E-state index contributed by atoms with van der Waals surface area (Å²) in [6, 6.07) is 2.38. The van der Waals surface area contributed by atoms with E-state index in [-0.39, 0.29) is 49.4 Å². The first-order chi connectivity index (χ1) is 21.5. The Morgan fingerprint density at radius 2 is 2.07 bits per heavy atom. The van der Waals surface area contributed by atoms with Crippen LogP contribution in [-0.2, 0) is 23.9 Å². The van der Waals surface area contributed by atoms with Crippen molar-refractivity contribution in [3.05, 3.63) is 18.3 Å². The van der Waals surface area contributed by atoms with Crippen molar-refractivity contribution >= 4 is 29.6 Å². The highest BCUT2D eigenvalue weighted by Crippen LogP contribution is 2.62. The molecular formula is C31H35FN6O7. The number of ether oxygens (including phenoxy) is 3. The van der Waals surface area contributed by atoms with E-state index in [2.05, 4.69) is 21.7 Å². The van der Waals surface area contributed by atoms with Gasteiger partial charge in [-0.15, -0.1) is 0 Å². The minimum atomic E-state index is -1.53. The van der Waals surface area contributed by atoms with Crippen LogP contribution in [0.3, 0.4) is 0 Å². The van der Waals surface area contributed by atoms with E-state index in [9.17, 15) is 24.4 Å². The van der Waals surface area contributed by atoms with Crippen molar-refractivity contribution in [3.63, 3.8) is 0 Å². The van der Waals surface area contributed by atoms with E-state index in [0.29, 0.717) is 31.4 Å². The Labute approximate surface area is 258 Å². The molecule has 0 aromatic carbocycles. The average molecular weight is 623 g/mol. The molecule has 0 radical (unpaired) electrons. The summed E-state index contributed by atoms with van der Waals surface area (Å²) < 4.78 is 32.3. The zero-order valence-corrected chi connectivity index (χ0v) is 25.0. The normalized spacial score (nSPS) is 42.3. The molecule has 2 N–H and O–H groups in total. The average Bonchev–Trinajstić information content (AvgIpc) is 3.84. The number of carbonyl (C=O) groups is 4. The first-order valence-corrected chi connectivity index (χ1v) is 15.6. The highest BCUT2D eigenvalue weighted by molar-refractivity contribution is 6.01. The second-order valence-electron chi connectivity index (χ2n) is 14.3. The predicted molar refractivity (Wildman–Crippen MR) is 151 cm³/mol. The van der Waals surface area contributed by atoms with Gasteiger partial charge in [0.2, 0.25) is 17.4 Å². The number of rotatable bonds is 4. The molecule has 4 amide bonds. The number of amides is 4. The number of aromatic nitrogens is 1. The molecule has 45 heavy (non-hydrogen) atoms. The fourth-order valence-electron chi connectivity index (χ4n) is 9.99. The zero-order chi connectivity index (χ0) is 31.5. The molecule has 14 heteroatoms. The number of halogens is 1. The third-order valence-corrected chi connectivity index (χ3v) is 11.8. The SMILES string of the molecule is COC(=O)NC(C(=O)N1C[C@@H]2[C@H]3C[C@@H]([C@@H]2[C@H]1C(=O)N1C[C@@]2(C[C@H]1C#N)Oc1cccnc1NC2=O)[C@H](F)C3)C12COC(C)(C1)C2. The van der Waals surface area contributed by atoms with Crippen molar-refractivity contribution in [2.45, 2.75) is 74.5 Å². The number of pyridine rings is 1. The molecule has 13 nitrogen and oxygen atoms in total. The molecule has 5 aliphatic heterocycles. The number of fused-ring (bicyclic) bond motifs is 7. The fourth-order valence-corrected chi connectivity index (χ4v) is 9.99. The van der Waals surface area contributed by atoms with Crippen LogP contribution in [0, 0.1) is 40.4 Å². The summed E-state index contributed by atoms with van der Waals surface area (Å²) in [4.78, 5) is 62.2. The van der Waals surface area contributed by atoms with Crippen LogP contribution in [0.2, 0.25) is 0 Å². The topological polar surface area (TPSA) is 163 Å². The molecule has 238 valence electrons. The molecule has 1 spiro atoms. The van der Waals surface area contributed by atoms with Gasteiger partial charge in [0.25, 0.3) is 5.91 Å². The summed E-state index contributed by atoms with van der Waals surface area (Å²) in [5.41, 5.74) is -2.57. The van der Waals surface area contributed by atoms with Crippen LogP contribution in [0.4, 0.5) is 15.0 Å². The maximum Gasteiger partial charge on any atom is 0.407 e. The smallest absolute Gasteiger partial charge is 0.407 e. The lowest BCUT2D eigenvalue weighted by Crippen LogP contribution is -2.64. The van der Waals surface area contributed by atoms with Crippen molar-refractivity contribution < 1.29 is 37.8 Å². The van der Waals surface area contributed by atoms with E-state index in [1.165, 1.54) is 23.1 Å². The van der Waals surface area contributed by atoms with Gasteiger partial charge in [-0.1, -0.05) is 0 Å². The third kappa shape index (κ3) is 3.95. The Kier molecular flexibility index (Phi) is 6.02. The summed E-state index contributed by atoms with van der Waals surface area (Å²) in [5.74, 6) is -1.79. The molecule has 4 bridgehead atoms. The maximum absolute atomic E-state index is 15.3. The van der Waals surface area contributed by atoms with Gasteiger partial charge < -0.3 is 34.6 Å². The number of hydrogen-bond donors (Lipinski definition) is 2. The number of methoxy groups -OCH3 is 1. The van der Waals surface area contributed by atoms with E-state index >= 15 is 4.39 Å². The van der Waals surface area contributed by atoms with Crippen LogP contribution in [-0.4, -0.2) is 101 Å². The van der Waals surface area contributed by atoms with Gasteiger partial charge in [-0.2, -0.15) is 5.26 Å². The third-order valence-electron chi connectivity index (χ3n) is 11.8. The molecule has 9 rings (SSSR count). The quantitative estimate of drug-likeness (QED) is 0.505. The molecule has 8 aliphatic rings. The van der Waals surface area contributed by atoms with E-state index < -0.39 is 71.0 Å². The van der Waals surface area contributed by atoms with Crippen molar-refractivity contribution in [2.24, 2.45) is 29.1 Å². The lowest BCUT2D eigenvalue weighted by Gasteiger charge is -2.47. The van der Waals surface area contributed by atoms with Gasteiger partial charge in [-0.3, -0.25) is 14.4 Å². The number of alkyl halides is 1. The van der Waals surface area contributed by atoms with Crippen LogP contribution in [0.15, 0.2) is 18.3 Å². The monoisotopic (exact) mass is 622 g/mol. The lowest BCUT2D eigenvalue weighted by molar-refractivity contribution is -0.150. The molecule has 1 aromatic heterocycles. The minimum absolute atomic E-state index is 0.0308. The van der Waals surface area contributed by atoms with E-state index in [0.717, 1.165) is 0 Å². The van der Waals surface area contributed by atoms with E-state index in [4.69, 9.17) is 14.2 Å². The van der Waals surface area contributed by atoms with Gasteiger partial charge >= 0.3 is 6.09 Å². The van der Waals surface area contributed by atoms with Crippen LogP contribution in [0.25, 0.3) is 0 Å². The second kappa shape index (κ2) is 9.51. The van der Waals surface area contributed by atoms with E-state index in [1.54, 1.807) is 12.1 Å². The number of alkyl carbamates (subject to hydrolysis) is 1. The Morgan fingerprint density at radius 3 is 2.78 bits per heavy atom. The molecular weight excluding hydrogens is 587 g/mol. The first-order valence-electron chi connectivity index (χ1n) is 15.6. The van der Waals surface area contributed by atoms with Crippen molar-refractivity contribution in [2.75, 3.05) is 32.1 Å². The molecule has 3 saturated carbocycles. The largest absolute Gasteiger partial charge is 0.472 e. The van der Waals surface area contributed by atoms with Gasteiger partial charge in [0.05, 0.1) is 31.9 Å². The number of anilines is 1. The maximum atomic E-state index is 15.3. The number of nitriles is 1. The van der Waals surface area contributed by atoms with Crippen LogP contribution >= 0.6 is 0 Å². The molecule has 7 fully saturated rings. The Bertz CT molecular complexity index is 1540. The molecule has 4 saturated heterocycles. The highest BCUT2D eigenvalue weighted by atomic mass is 19.1. The van der Waals surface area contributed by atoms with Gasteiger partial charge in [-0.05, 0) is 68.4 Å². The summed E-state index contributed by atoms with van der Waals surface area (Å²) in [6.45, 7) is 2.27.